The van der Waals surface area contributed by atoms with Crippen molar-refractivity contribution in [1.82, 2.24) is 15.5 Å². The van der Waals surface area contributed by atoms with Gasteiger partial charge in [-0.25, -0.2) is 0 Å². The van der Waals surface area contributed by atoms with Gasteiger partial charge in [0.05, 0.1) is 6.54 Å². The molecule has 0 aliphatic carbocycles. The molecule has 0 aliphatic rings. The zero-order valence-electron chi connectivity index (χ0n) is 7.41. The summed E-state index contributed by atoms with van der Waals surface area (Å²) >= 11 is 1.31. The minimum Gasteiger partial charge on any atom is -0.308 e. The van der Waals surface area contributed by atoms with Crippen LogP contribution in [0.1, 0.15) is 13.3 Å². The lowest BCUT2D eigenvalue weighted by Gasteiger charge is -2.01. The minimum absolute atomic E-state index is 0.0785. The van der Waals surface area contributed by atoms with Crippen molar-refractivity contribution >= 4 is 22.4 Å². The number of amides is 1. The molecule has 1 heterocycles. The first-order valence-electron chi connectivity index (χ1n) is 4.09. The van der Waals surface area contributed by atoms with Crippen molar-refractivity contribution in [2.24, 2.45) is 0 Å². The van der Waals surface area contributed by atoms with Crippen LogP contribution >= 0.6 is 11.3 Å². The summed E-state index contributed by atoms with van der Waals surface area (Å²) in [6.07, 6.45) is 1.02. The van der Waals surface area contributed by atoms with E-state index in [1.54, 1.807) is 5.51 Å². The fraction of sp³-hybridized carbons (Fsp3) is 0.571. The van der Waals surface area contributed by atoms with Crippen LogP contribution in [0.3, 0.4) is 0 Å². The fourth-order valence-corrected chi connectivity index (χ4v) is 1.23. The molecular formula is C7H12N4OS. The molecule has 72 valence electrons. The van der Waals surface area contributed by atoms with E-state index in [4.69, 9.17) is 0 Å². The van der Waals surface area contributed by atoms with Crippen LogP contribution in [0.15, 0.2) is 5.51 Å². The molecule has 0 saturated heterocycles. The summed E-state index contributed by atoms with van der Waals surface area (Å²) in [7, 11) is 0. The van der Waals surface area contributed by atoms with Gasteiger partial charge in [0, 0.05) is 0 Å². The van der Waals surface area contributed by atoms with Crippen LogP contribution in [-0.2, 0) is 4.79 Å². The summed E-state index contributed by atoms with van der Waals surface area (Å²) in [6, 6.07) is 0. The SMILES string of the molecule is CCCNCC(=O)Nc1nncs1. The van der Waals surface area contributed by atoms with E-state index in [0.29, 0.717) is 11.7 Å². The number of rotatable bonds is 5. The van der Waals surface area contributed by atoms with Crippen molar-refractivity contribution in [3.8, 4) is 0 Å². The van der Waals surface area contributed by atoms with Crippen molar-refractivity contribution in [1.29, 1.82) is 0 Å². The monoisotopic (exact) mass is 200 g/mol. The standard InChI is InChI=1S/C7H12N4OS/c1-2-3-8-4-6(12)10-7-11-9-5-13-7/h5,8H,2-4H2,1H3,(H,10,11,12). The van der Waals surface area contributed by atoms with E-state index < -0.39 is 0 Å². The number of nitrogens with one attached hydrogen (secondary N) is 2. The molecule has 0 spiro atoms. The quantitative estimate of drug-likeness (QED) is 0.678. The number of aromatic nitrogens is 2. The molecular weight excluding hydrogens is 188 g/mol. The van der Waals surface area contributed by atoms with Gasteiger partial charge in [0.2, 0.25) is 11.0 Å². The summed E-state index contributed by atoms with van der Waals surface area (Å²) in [6.45, 7) is 3.23. The van der Waals surface area contributed by atoms with Crippen LogP contribution in [0.25, 0.3) is 0 Å². The second-order valence-electron chi connectivity index (χ2n) is 2.47. The first kappa shape index (κ1) is 10.1. The number of carbonyl (C=O) groups is 1. The maximum absolute atomic E-state index is 11.2. The average Bonchev–Trinajstić information content (AvgIpc) is 2.57. The highest BCUT2D eigenvalue weighted by atomic mass is 32.1. The van der Waals surface area contributed by atoms with Gasteiger partial charge in [-0.2, -0.15) is 0 Å². The van der Waals surface area contributed by atoms with Gasteiger partial charge in [-0.1, -0.05) is 18.3 Å². The Morgan fingerprint density at radius 3 is 3.15 bits per heavy atom. The van der Waals surface area contributed by atoms with Crippen LogP contribution < -0.4 is 10.6 Å². The highest BCUT2D eigenvalue weighted by molar-refractivity contribution is 7.13. The normalized spacial score (nSPS) is 9.92. The molecule has 0 atom stereocenters. The summed E-state index contributed by atoms with van der Waals surface area (Å²) in [5, 5.41) is 13.5. The Morgan fingerprint density at radius 1 is 1.69 bits per heavy atom. The van der Waals surface area contributed by atoms with Gasteiger partial charge in [0.15, 0.2) is 0 Å². The van der Waals surface area contributed by atoms with E-state index >= 15 is 0 Å². The lowest BCUT2D eigenvalue weighted by molar-refractivity contribution is -0.115. The molecule has 0 aromatic carbocycles. The van der Waals surface area contributed by atoms with Gasteiger partial charge in [0.1, 0.15) is 5.51 Å². The lowest BCUT2D eigenvalue weighted by Crippen LogP contribution is -2.28. The predicted molar refractivity (Wildman–Crippen MR) is 51.7 cm³/mol. The number of carbonyl (C=O) groups excluding carboxylic acids is 1. The van der Waals surface area contributed by atoms with Crippen LogP contribution in [0.5, 0.6) is 0 Å². The van der Waals surface area contributed by atoms with E-state index in [1.807, 2.05) is 0 Å². The second kappa shape index (κ2) is 5.60. The second-order valence-corrected chi connectivity index (χ2v) is 3.30. The third kappa shape index (κ3) is 3.95. The van der Waals surface area contributed by atoms with E-state index in [9.17, 15) is 4.79 Å². The Morgan fingerprint density at radius 2 is 2.54 bits per heavy atom. The van der Waals surface area contributed by atoms with Gasteiger partial charge >= 0.3 is 0 Å². The summed E-state index contributed by atoms with van der Waals surface area (Å²) in [5.41, 5.74) is 1.58. The van der Waals surface area contributed by atoms with Crippen molar-refractivity contribution in [2.75, 3.05) is 18.4 Å². The first-order valence-corrected chi connectivity index (χ1v) is 4.97. The zero-order chi connectivity index (χ0) is 9.52. The van der Waals surface area contributed by atoms with Crippen molar-refractivity contribution in [3.05, 3.63) is 5.51 Å². The number of hydrogen-bond donors (Lipinski definition) is 2. The Labute approximate surface area is 80.6 Å². The lowest BCUT2D eigenvalue weighted by atomic mass is 10.4. The largest absolute Gasteiger partial charge is 0.308 e. The molecule has 0 bridgehead atoms. The van der Waals surface area contributed by atoms with Gasteiger partial charge in [-0.3, -0.25) is 10.1 Å². The molecule has 1 rings (SSSR count). The molecule has 0 saturated carbocycles. The summed E-state index contributed by atoms with van der Waals surface area (Å²) < 4.78 is 0. The Bertz CT molecular complexity index is 249. The minimum atomic E-state index is -0.0785. The van der Waals surface area contributed by atoms with Gasteiger partial charge < -0.3 is 5.32 Å². The molecule has 5 nitrogen and oxygen atoms in total. The highest BCUT2D eigenvalue weighted by Gasteiger charge is 2.02. The number of hydrogen-bond acceptors (Lipinski definition) is 5. The maximum Gasteiger partial charge on any atom is 0.240 e. The zero-order valence-corrected chi connectivity index (χ0v) is 8.23. The van der Waals surface area contributed by atoms with E-state index in [2.05, 4.69) is 27.8 Å². The highest BCUT2D eigenvalue weighted by Crippen LogP contribution is 2.06. The molecule has 0 unspecified atom stereocenters. The van der Waals surface area contributed by atoms with E-state index in [-0.39, 0.29) is 5.91 Å². The van der Waals surface area contributed by atoms with Crippen LogP contribution in [0, 0.1) is 0 Å². The van der Waals surface area contributed by atoms with Gasteiger partial charge in [-0.05, 0) is 13.0 Å². The molecule has 0 fully saturated rings. The Balaban J connectivity index is 2.18. The summed E-state index contributed by atoms with van der Waals surface area (Å²) in [5.74, 6) is -0.0785. The molecule has 6 heteroatoms. The van der Waals surface area contributed by atoms with Crippen LogP contribution in [0.2, 0.25) is 0 Å². The van der Waals surface area contributed by atoms with Crippen molar-refractivity contribution in [3.63, 3.8) is 0 Å². The maximum atomic E-state index is 11.2. The smallest absolute Gasteiger partial charge is 0.240 e. The molecule has 0 aliphatic heterocycles. The fourth-order valence-electron chi connectivity index (χ4n) is 0.770. The molecule has 13 heavy (non-hydrogen) atoms. The number of anilines is 1. The molecule has 1 aromatic heterocycles. The molecule has 1 amide bonds. The third-order valence-electron chi connectivity index (χ3n) is 1.32. The van der Waals surface area contributed by atoms with E-state index in [1.165, 1.54) is 11.3 Å². The molecule has 1 aromatic rings. The third-order valence-corrected chi connectivity index (χ3v) is 1.93. The first-order chi connectivity index (χ1) is 6.33. The van der Waals surface area contributed by atoms with Crippen molar-refractivity contribution in [2.45, 2.75) is 13.3 Å². The van der Waals surface area contributed by atoms with Gasteiger partial charge in [0.25, 0.3) is 0 Å². The average molecular weight is 200 g/mol. The van der Waals surface area contributed by atoms with Crippen LogP contribution in [-0.4, -0.2) is 29.2 Å². The summed E-state index contributed by atoms with van der Waals surface area (Å²) in [4.78, 5) is 11.2. The molecule has 2 N–H and O–H groups in total. The van der Waals surface area contributed by atoms with Crippen LogP contribution in [0.4, 0.5) is 5.13 Å². The Kier molecular flexibility index (Phi) is 4.34. The predicted octanol–water partition coefficient (Wildman–Crippen LogP) is 0.476. The van der Waals surface area contributed by atoms with Gasteiger partial charge in [-0.15, -0.1) is 10.2 Å². The molecule has 0 radical (unpaired) electrons. The topological polar surface area (TPSA) is 66.9 Å². The van der Waals surface area contributed by atoms with E-state index in [0.717, 1.165) is 13.0 Å². The number of nitrogens with zero attached hydrogens (tertiary/aromatic N) is 2. The Hall–Kier alpha value is -1.01. The van der Waals surface area contributed by atoms with Crippen molar-refractivity contribution < 1.29 is 4.79 Å².